The molecule has 0 aliphatic rings. The Kier molecular flexibility index (Phi) is 6.64. The molecular weight excluding hydrogens is 364 g/mol. The third kappa shape index (κ3) is 5.21. The second-order valence-corrected chi connectivity index (χ2v) is 7.72. The van der Waals surface area contributed by atoms with Crippen molar-refractivity contribution in [1.29, 1.82) is 0 Å². The van der Waals surface area contributed by atoms with Crippen LogP contribution in [0.3, 0.4) is 0 Å². The number of rotatable bonds is 8. The van der Waals surface area contributed by atoms with E-state index in [1.807, 2.05) is 69.5 Å². The van der Waals surface area contributed by atoms with Gasteiger partial charge in [-0.05, 0) is 57.7 Å². The number of carbonyl (C=O) groups is 1. The van der Waals surface area contributed by atoms with Gasteiger partial charge in [-0.25, -0.2) is 9.50 Å². The summed E-state index contributed by atoms with van der Waals surface area (Å²) in [5.41, 5.74) is 7.08. The van der Waals surface area contributed by atoms with Gasteiger partial charge in [0.25, 0.3) is 0 Å². The lowest BCUT2D eigenvalue weighted by Gasteiger charge is -2.13. The molecule has 0 atom stereocenters. The zero-order valence-electron chi connectivity index (χ0n) is 18.0. The van der Waals surface area contributed by atoms with E-state index >= 15 is 0 Å². The average Bonchev–Trinajstić information content (AvgIpc) is 3.05. The number of carbonyl (C=O) groups excluding carboxylic acids is 1. The Morgan fingerprint density at radius 1 is 1.17 bits per heavy atom. The fraction of sp³-hybridized carbons (Fsp3) is 0.435. The lowest BCUT2D eigenvalue weighted by Crippen LogP contribution is -2.24. The van der Waals surface area contributed by atoms with Crippen LogP contribution in [0, 0.1) is 20.8 Å². The topological polar surface area (TPSA) is 68.5 Å². The van der Waals surface area contributed by atoms with Crippen LogP contribution < -0.4 is 5.32 Å². The number of benzene rings is 1. The molecule has 0 unspecified atom stereocenters. The number of nitrogens with zero attached hydrogens (tertiary/aromatic N) is 3. The second kappa shape index (κ2) is 9.18. The standard InChI is InChI=1S/C23H30N4O2/c1-15(2)29-14-20-9-7-6-8-19(20)13-24-23(28)11-10-21-17(4)25-22-12-16(3)26-27(22)18(21)5/h6-9,12,15H,10-11,13-14H2,1-5H3,(H,24,28). The first-order valence-electron chi connectivity index (χ1n) is 10.1. The average molecular weight is 395 g/mol. The summed E-state index contributed by atoms with van der Waals surface area (Å²) < 4.78 is 7.58. The minimum atomic E-state index is 0.0279. The summed E-state index contributed by atoms with van der Waals surface area (Å²) in [4.78, 5) is 17.1. The van der Waals surface area contributed by atoms with Gasteiger partial charge in [0.05, 0.1) is 18.4 Å². The number of hydrogen-bond acceptors (Lipinski definition) is 4. The molecule has 0 bridgehead atoms. The van der Waals surface area contributed by atoms with Crippen LogP contribution in [-0.2, 0) is 29.1 Å². The Hall–Kier alpha value is -2.73. The molecule has 0 spiro atoms. The Balaban J connectivity index is 1.61. The monoisotopic (exact) mass is 394 g/mol. The van der Waals surface area contributed by atoms with Crippen LogP contribution in [0.25, 0.3) is 5.65 Å². The van der Waals surface area contributed by atoms with Crippen molar-refractivity contribution in [2.45, 2.75) is 66.7 Å². The number of fused-ring (bicyclic) bond motifs is 1. The maximum atomic E-state index is 12.5. The molecule has 3 aromatic rings. The molecule has 1 N–H and O–H groups in total. The number of aromatic nitrogens is 3. The Morgan fingerprint density at radius 2 is 1.90 bits per heavy atom. The van der Waals surface area contributed by atoms with Crippen LogP contribution in [0.1, 0.15) is 54.0 Å². The highest BCUT2D eigenvalue weighted by molar-refractivity contribution is 5.76. The Labute approximate surface area is 172 Å². The normalized spacial score (nSPS) is 11.4. The molecule has 0 aliphatic carbocycles. The van der Waals surface area contributed by atoms with E-state index in [1.54, 1.807) is 0 Å². The third-order valence-corrected chi connectivity index (χ3v) is 5.05. The molecule has 1 aromatic carbocycles. The van der Waals surface area contributed by atoms with E-state index in [2.05, 4.69) is 15.4 Å². The lowest BCUT2D eigenvalue weighted by molar-refractivity contribution is -0.121. The van der Waals surface area contributed by atoms with Crippen LogP contribution in [0.2, 0.25) is 0 Å². The van der Waals surface area contributed by atoms with Crippen molar-refractivity contribution in [3.05, 3.63) is 64.1 Å². The highest BCUT2D eigenvalue weighted by Crippen LogP contribution is 2.17. The summed E-state index contributed by atoms with van der Waals surface area (Å²) in [6.45, 7) is 11.1. The third-order valence-electron chi connectivity index (χ3n) is 5.05. The quantitative estimate of drug-likeness (QED) is 0.630. The minimum Gasteiger partial charge on any atom is -0.374 e. The second-order valence-electron chi connectivity index (χ2n) is 7.72. The number of amides is 1. The maximum Gasteiger partial charge on any atom is 0.220 e. The molecule has 0 aliphatic heterocycles. The van der Waals surface area contributed by atoms with E-state index in [0.717, 1.165) is 39.4 Å². The van der Waals surface area contributed by atoms with E-state index in [4.69, 9.17) is 4.74 Å². The summed E-state index contributed by atoms with van der Waals surface area (Å²) in [7, 11) is 0. The van der Waals surface area contributed by atoms with Gasteiger partial charge < -0.3 is 10.1 Å². The highest BCUT2D eigenvalue weighted by Gasteiger charge is 2.13. The number of ether oxygens (including phenoxy) is 1. The first kappa shape index (κ1) is 21.0. The summed E-state index contributed by atoms with van der Waals surface area (Å²) >= 11 is 0. The molecular formula is C23H30N4O2. The molecule has 1 amide bonds. The number of nitrogens with one attached hydrogen (secondary N) is 1. The van der Waals surface area contributed by atoms with Gasteiger partial charge in [-0.15, -0.1) is 0 Å². The van der Waals surface area contributed by atoms with Crippen molar-refractivity contribution < 1.29 is 9.53 Å². The first-order valence-corrected chi connectivity index (χ1v) is 10.1. The smallest absolute Gasteiger partial charge is 0.220 e. The Bertz CT molecular complexity index is 1010. The maximum absolute atomic E-state index is 12.5. The molecule has 0 radical (unpaired) electrons. The van der Waals surface area contributed by atoms with Crippen LogP contribution in [0.15, 0.2) is 30.3 Å². The fourth-order valence-electron chi connectivity index (χ4n) is 3.45. The predicted molar refractivity (Wildman–Crippen MR) is 114 cm³/mol. The molecule has 0 saturated carbocycles. The minimum absolute atomic E-state index is 0.0279. The van der Waals surface area contributed by atoms with E-state index in [-0.39, 0.29) is 12.0 Å². The van der Waals surface area contributed by atoms with E-state index in [1.165, 1.54) is 0 Å². The van der Waals surface area contributed by atoms with Gasteiger partial charge in [-0.2, -0.15) is 5.10 Å². The molecule has 0 saturated heterocycles. The van der Waals surface area contributed by atoms with Gasteiger partial charge in [0, 0.05) is 30.4 Å². The van der Waals surface area contributed by atoms with Gasteiger partial charge >= 0.3 is 0 Å². The molecule has 6 nitrogen and oxygen atoms in total. The van der Waals surface area contributed by atoms with Crippen molar-refractivity contribution in [3.8, 4) is 0 Å². The van der Waals surface area contributed by atoms with Gasteiger partial charge in [0.15, 0.2) is 5.65 Å². The molecule has 3 rings (SSSR count). The number of hydrogen-bond donors (Lipinski definition) is 1. The van der Waals surface area contributed by atoms with Crippen molar-refractivity contribution in [2.24, 2.45) is 0 Å². The zero-order valence-corrected chi connectivity index (χ0v) is 18.0. The van der Waals surface area contributed by atoms with Crippen LogP contribution in [0.5, 0.6) is 0 Å². The van der Waals surface area contributed by atoms with Crippen LogP contribution in [0.4, 0.5) is 0 Å². The largest absolute Gasteiger partial charge is 0.374 e. The van der Waals surface area contributed by atoms with Crippen LogP contribution in [-0.4, -0.2) is 26.6 Å². The summed E-state index contributed by atoms with van der Waals surface area (Å²) in [6.07, 6.45) is 1.23. The van der Waals surface area contributed by atoms with Gasteiger partial charge in [-0.1, -0.05) is 24.3 Å². The SMILES string of the molecule is Cc1cc2nc(C)c(CCC(=O)NCc3ccccc3COC(C)C)c(C)n2n1. The van der Waals surface area contributed by atoms with E-state index in [0.29, 0.717) is 26.0 Å². The van der Waals surface area contributed by atoms with Crippen molar-refractivity contribution in [1.82, 2.24) is 19.9 Å². The molecule has 2 heterocycles. The lowest BCUT2D eigenvalue weighted by atomic mass is 10.1. The first-order chi connectivity index (χ1) is 13.8. The van der Waals surface area contributed by atoms with Crippen molar-refractivity contribution in [2.75, 3.05) is 0 Å². The highest BCUT2D eigenvalue weighted by atomic mass is 16.5. The van der Waals surface area contributed by atoms with Gasteiger partial charge in [0.2, 0.25) is 5.91 Å². The van der Waals surface area contributed by atoms with Crippen LogP contribution >= 0.6 is 0 Å². The molecule has 2 aromatic heterocycles. The Morgan fingerprint density at radius 3 is 2.62 bits per heavy atom. The molecule has 0 fully saturated rings. The molecule has 29 heavy (non-hydrogen) atoms. The predicted octanol–water partition coefficient (Wildman–Crippen LogP) is 3.83. The molecule has 154 valence electrons. The summed E-state index contributed by atoms with van der Waals surface area (Å²) in [6, 6.07) is 10.0. The van der Waals surface area contributed by atoms with E-state index in [9.17, 15) is 4.79 Å². The summed E-state index contributed by atoms with van der Waals surface area (Å²) in [5.74, 6) is 0.0279. The fourth-order valence-corrected chi connectivity index (χ4v) is 3.45. The van der Waals surface area contributed by atoms with Crippen molar-refractivity contribution >= 4 is 11.6 Å². The van der Waals surface area contributed by atoms with E-state index < -0.39 is 0 Å². The van der Waals surface area contributed by atoms with Crippen molar-refractivity contribution in [3.63, 3.8) is 0 Å². The summed E-state index contributed by atoms with van der Waals surface area (Å²) in [5, 5.41) is 7.54. The number of aryl methyl sites for hydroxylation is 3. The molecule has 6 heteroatoms. The zero-order chi connectivity index (χ0) is 21.0. The van der Waals surface area contributed by atoms with Gasteiger partial charge in [-0.3, -0.25) is 4.79 Å². The van der Waals surface area contributed by atoms with Gasteiger partial charge in [0.1, 0.15) is 0 Å².